The largest absolute Gasteiger partial charge is 0.480 e. The van der Waals surface area contributed by atoms with Crippen molar-refractivity contribution < 1.29 is 43.4 Å². The Hall–Kier alpha value is -3.47. The highest BCUT2D eigenvalue weighted by molar-refractivity contribution is 5.87. The van der Waals surface area contributed by atoms with E-state index in [0.29, 0.717) is 19.6 Å². The number of unbranched alkanes of at least 4 members (excludes halogenated alkanes) is 3. The first-order valence-electron chi connectivity index (χ1n) is 22.9. The summed E-state index contributed by atoms with van der Waals surface area (Å²) >= 11 is 0. The van der Waals surface area contributed by atoms with E-state index in [1.807, 2.05) is 72.1 Å². The van der Waals surface area contributed by atoms with Gasteiger partial charge in [0.15, 0.2) is 0 Å². The Morgan fingerprint density at radius 1 is 0.952 bits per heavy atom. The summed E-state index contributed by atoms with van der Waals surface area (Å²) in [6.45, 7) is 15.7. The van der Waals surface area contributed by atoms with E-state index >= 15 is 0 Å². The second-order valence-electron chi connectivity index (χ2n) is 18.3. The molecule has 0 unspecified atom stereocenters. The minimum absolute atomic E-state index is 0.00776. The smallest absolute Gasteiger partial charge is 0.326 e. The van der Waals surface area contributed by atoms with Crippen molar-refractivity contribution >= 4 is 30.0 Å². The van der Waals surface area contributed by atoms with Gasteiger partial charge in [0.1, 0.15) is 17.9 Å². The summed E-state index contributed by atoms with van der Waals surface area (Å²) in [4.78, 5) is 78.4. The fraction of sp³-hybridized carbons (Fsp3) is 0.766. The number of likely N-dealkylation sites (N-methyl/N-ethyl adjacent to an activating group) is 2. The Labute approximate surface area is 372 Å². The molecule has 1 saturated heterocycles. The molecular weight excluding hydrogens is 793 g/mol. The number of nitrogens with one attached hydrogen (secondary N) is 2. The Bertz CT molecular complexity index is 1500. The number of aldehydes is 1. The fourth-order valence-electron chi connectivity index (χ4n) is 9.21. The average Bonchev–Trinajstić information content (AvgIpc) is 3.24. The standard InChI is InChI=1S/C47H82N6O9/c1-12-34(6)42(52(9)30-47(31-54,33(4)5)50-45(57)41(32(2)3)51(8)25-19-13-14-21-27-62-48)39(60-10)29-40(55)53-26-20-18-24-38(53)43(61-11)35(7)44(56)49-37(46(58)59)28-36-22-16-15-17-23-36/h15-17,22-23,31-35,37-39,41-43H,12-14,18-21,24-30,48H2,1-11H3,(H,49,56)(H,50,57)(H,58,59)/t34-,35+,37-,38-,39+,41-,42-,43+,47-/m0/s1. The molecule has 1 aromatic rings. The summed E-state index contributed by atoms with van der Waals surface area (Å²) in [5, 5.41) is 15.9. The third-order valence-corrected chi connectivity index (χ3v) is 13.1. The summed E-state index contributed by atoms with van der Waals surface area (Å²) < 4.78 is 12.1. The Morgan fingerprint density at radius 2 is 1.61 bits per heavy atom. The van der Waals surface area contributed by atoms with Crippen molar-refractivity contribution in [1.29, 1.82) is 0 Å². The molecule has 15 heteroatoms. The van der Waals surface area contributed by atoms with Gasteiger partial charge >= 0.3 is 5.97 Å². The molecule has 9 atom stereocenters. The summed E-state index contributed by atoms with van der Waals surface area (Å²) in [5.74, 6) is 2.25. The third-order valence-electron chi connectivity index (χ3n) is 13.1. The summed E-state index contributed by atoms with van der Waals surface area (Å²) in [6.07, 6.45) is 6.58. The van der Waals surface area contributed by atoms with Crippen LogP contribution in [0, 0.1) is 23.7 Å². The van der Waals surface area contributed by atoms with E-state index in [9.17, 15) is 29.1 Å². The minimum Gasteiger partial charge on any atom is -0.480 e. The van der Waals surface area contributed by atoms with Crippen LogP contribution in [0.2, 0.25) is 0 Å². The van der Waals surface area contributed by atoms with Gasteiger partial charge in [-0.15, -0.1) is 0 Å². The maximum Gasteiger partial charge on any atom is 0.326 e. The predicted octanol–water partition coefficient (Wildman–Crippen LogP) is 4.70. The normalized spacial score (nSPS) is 19.0. The molecule has 1 aliphatic heterocycles. The van der Waals surface area contributed by atoms with Gasteiger partial charge in [0, 0.05) is 39.8 Å². The van der Waals surface area contributed by atoms with Crippen molar-refractivity contribution in [3.63, 3.8) is 0 Å². The van der Waals surface area contributed by atoms with Crippen LogP contribution in [-0.2, 0) is 44.7 Å². The van der Waals surface area contributed by atoms with Crippen molar-refractivity contribution in [1.82, 2.24) is 25.3 Å². The van der Waals surface area contributed by atoms with Gasteiger partial charge in [0.25, 0.3) is 0 Å². The van der Waals surface area contributed by atoms with Crippen molar-refractivity contribution in [2.45, 2.75) is 155 Å². The highest BCUT2D eigenvalue weighted by atomic mass is 16.6. The number of amides is 3. The van der Waals surface area contributed by atoms with E-state index in [1.165, 1.54) is 7.11 Å². The molecule has 0 spiro atoms. The Kier molecular flexibility index (Phi) is 24.4. The van der Waals surface area contributed by atoms with Crippen LogP contribution in [0.1, 0.15) is 112 Å². The van der Waals surface area contributed by atoms with Gasteiger partial charge in [0.05, 0.1) is 43.2 Å². The molecule has 0 aromatic heterocycles. The van der Waals surface area contributed by atoms with Gasteiger partial charge in [-0.3, -0.25) is 24.2 Å². The van der Waals surface area contributed by atoms with Crippen molar-refractivity contribution in [2.75, 3.05) is 54.6 Å². The maximum absolute atomic E-state index is 14.5. The van der Waals surface area contributed by atoms with E-state index in [4.69, 9.17) is 15.4 Å². The van der Waals surface area contributed by atoms with Crippen LogP contribution in [0.4, 0.5) is 0 Å². The van der Waals surface area contributed by atoms with Gasteiger partial charge in [-0.2, -0.15) is 0 Å². The molecule has 3 amide bonds. The zero-order valence-electron chi connectivity index (χ0n) is 39.8. The van der Waals surface area contributed by atoms with Gasteiger partial charge in [-0.05, 0) is 76.1 Å². The monoisotopic (exact) mass is 875 g/mol. The number of benzene rings is 1. The van der Waals surface area contributed by atoms with Crippen LogP contribution in [0.25, 0.3) is 0 Å². The second kappa shape index (κ2) is 27.7. The number of piperidine rings is 1. The number of hydrogen-bond acceptors (Lipinski definition) is 11. The predicted molar refractivity (Wildman–Crippen MR) is 242 cm³/mol. The summed E-state index contributed by atoms with van der Waals surface area (Å²) in [6, 6.07) is 6.83. The number of likely N-dealkylation sites (tertiary alicyclic amines) is 1. The quantitative estimate of drug-likeness (QED) is 0.0474. The van der Waals surface area contributed by atoms with Crippen LogP contribution in [0.5, 0.6) is 0 Å². The molecule has 0 bridgehead atoms. The van der Waals surface area contributed by atoms with E-state index in [1.54, 1.807) is 18.9 Å². The molecule has 2 rings (SSSR count). The Balaban J connectivity index is 2.31. The number of carboxylic acids is 1. The number of carboxylic acid groups (broad SMARTS) is 1. The number of ether oxygens (including phenoxy) is 2. The molecule has 0 saturated carbocycles. The van der Waals surface area contributed by atoms with Crippen LogP contribution in [0.15, 0.2) is 30.3 Å². The van der Waals surface area contributed by atoms with E-state index < -0.39 is 53.7 Å². The maximum atomic E-state index is 14.5. The number of methoxy groups -OCH3 is 2. The molecule has 1 fully saturated rings. The number of rotatable bonds is 30. The van der Waals surface area contributed by atoms with Crippen LogP contribution in [0.3, 0.4) is 0 Å². The third kappa shape index (κ3) is 16.0. The number of nitrogens with two attached hydrogens (primary N) is 1. The highest BCUT2D eigenvalue weighted by Crippen LogP contribution is 2.30. The Morgan fingerprint density at radius 3 is 2.16 bits per heavy atom. The minimum atomic E-state index is -1.23. The lowest BCUT2D eigenvalue weighted by Gasteiger charge is -2.45. The SMILES string of the molecule is CC[C@H](C)[C@@H]([C@@H](CC(=O)N1CCCC[C@H]1[C@H](OC)[C@@H](C)C(=O)N[C@@H](Cc1ccccc1)C(=O)O)OC)N(C)C[C@@](C=O)(NC(=O)[C@H](C(C)C)N(C)CCCCCCON)C(C)C. The first kappa shape index (κ1) is 54.7. The number of carbonyl (C=O) groups excluding carboxylic acids is 4. The molecule has 0 radical (unpaired) electrons. The molecule has 1 aromatic carbocycles. The molecule has 354 valence electrons. The molecular formula is C47H82N6O9. The summed E-state index contributed by atoms with van der Waals surface area (Å²) in [5.41, 5.74) is -0.437. The van der Waals surface area contributed by atoms with Crippen LogP contribution in [-0.4, -0.2) is 146 Å². The van der Waals surface area contributed by atoms with Crippen molar-refractivity contribution in [3.8, 4) is 0 Å². The lowest BCUT2D eigenvalue weighted by Crippen LogP contribution is -2.65. The highest BCUT2D eigenvalue weighted by Gasteiger charge is 2.44. The van der Waals surface area contributed by atoms with E-state index in [2.05, 4.69) is 39.1 Å². The average molecular weight is 875 g/mol. The zero-order valence-corrected chi connectivity index (χ0v) is 39.8. The van der Waals surface area contributed by atoms with Crippen molar-refractivity contribution in [3.05, 3.63) is 35.9 Å². The lowest BCUT2D eigenvalue weighted by atomic mass is 9.83. The molecule has 1 aliphatic rings. The van der Waals surface area contributed by atoms with Crippen LogP contribution >= 0.6 is 0 Å². The fourth-order valence-corrected chi connectivity index (χ4v) is 9.21. The van der Waals surface area contributed by atoms with Crippen LogP contribution < -0.4 is 16.5 Å². The summed E-state index contributed by atoms with van der Waals surface area (Å²) in [7, 11) is 7.00. The second-order valence-corrected chi connectivity index (χ2v) is 18.3. The van der Waals surface area contributed by atoms with Gasteiger partial charge < -0.3 is 39.7 Å². The topological polar surface area (TPSA) is 193 Å². The first-order valence-corrected chi connectivity index (χ1v) is 22.9. The first-order chi connectivity index (χ1) is 29.4. The molecule has 15 nitrogen and oxygen atoms in total. The van der Waals surface area contributed by atoms with Gasteiger partial charge in [-0.1, -0.05) is 98.1 Å². The number of carbonyl (C=O) groups is 5. The molecule has 5 N–H and O–H groups in total. The molecule has 62 heavy (non-hydrogen) atoms. The van der Waals surface area contributed by atoms with Gasteiger partial charge in [-0.25, -0.2) is 10.7 Å². The number of hydrogen-bond donors (Lipinski definition) is 4. The molecule has 0 aliphatic carbocycles. The number of aliphatic carboxylic acids is 1. The van der Waals surface area contributed by atoms with E-state index in [0.717, 1.165) is 63.3 Å². The van der Waals surface area contributed by atoms with Gasteiger partial charge in [0.2, 0.25) is 17.7 Å². The zero-order chi connectivity index (χ0) is 46.6. The lowest BCUT2D eigenvalue weighted by molar-refractivity contribution is -0.149. The molecule has 1 heterocycles. The number of nitrogens with zero attached hydrogens (tertiary/aromatic N) is 3. The van der Waals surface area contributed by atoms with E-state index in [-0.39, 0.29) is 55.0 Å². The van der Waals surface area contributed by atoms with Crippen molar-refractivity contribution in [2.24, 2.45) is 29.6 Å².